The molecule has 0 amide bonds. The van der Waals surface area contributed by atoms with Gasteiger partial charge in [-0.3, -0.25) is 4.79 Å². The predicted octanol–water partition coefficient (Wildman–Crippen LogP) is 3.06. The van der Waals surface area contributed by atoms with Crippen molar-refractivity contribution in [2.24, 2.45) is 7.05 Å². The molecule has 2 aromatic carbocycles. The molecule has 0 fully saturated rings. The lowest BCUT2D eigenvalue weighted by molar-refractivity contribution is 0.112. The van der Waals surface area contributed by atoms with E-state index < -0.39 is 0 Å². The molecule has 0 saturated heterocycles. The first kappa shape index (κ1) is 12.4. The van der Waals surface area contributed by atoms with Crippen molar-refractivity contribution in [2.45, 2.75) is 0 Å². The summed E-state index contributed by atoms with van der Waals surface area (Å²) in [6, 6.07) is 13.3. The number of hydrogen-bond acceptors (Lipinski definition) is 3. The minimum absolute atomic E-state index is 0.632. The van der Waals surface area contributed by atoms with E-state index in [1.807, 2.05) is 41.9 Å². The third-order valence-electron chi connectivity index (χ3n) is 3.37. The van der Waals surface area contributed by atoms with Crippen molar-refractivity contribution in [2.75, 3.05) is 7.11 Å². The van der Waals surface area contributed by atoms with Gasteiger partial charge in [-0.1, -0.05) is 12.1 Å². The molecule has 4 heteroatoms. The molecule has 1 aromatic heterocycles. The van der Waals surface area contributed by atoms with Gasteiger partial charge in [0.2, 0.25) is 0 Å². The number of benzene rings is 2. The summed E-state index contributed by atoms with van der Waals surface area (Å²) in [5.74, 6) is 1.64. The minimum Gasteiger partial charge on any atom is -0.497 e. The Balaban J connectivity index is 2.20. The van der Waals surface area contributed by atoms with Gasteiger partial charge in [-0.25, -0.2) is 4.98 Å². The maximum atomic E-state index is 10.8. The number of rotatable bonds is 3. The van der Waals surface area contributed by atoms with Crippen molar-refractivity contribution < 1.29 is 9.53 Å². The van der Waals surface area contributed by atoms with Gasteiger partial charge in [0.15, 0.2) is 0 Å². The van der Waals surface area contributed by atoms with Crippen molar-refractivity contribution in [3.63, 3.8) is 0 Å². The number of fused-ring (bicyclic) bond motifs is 1. The van der Waals surface area contributed by atoms with Gasteiger partial charge in [0, 0.05) is 18.2 Å². The van der Waals surface area contributed by atoms with Crippen LogP contribution in [0.2, 0.25) is 0 Å². The smallest absolute Gasteiger partial charge is 0.150 e. The first-order valence-corrected chi connectivity index (χ1v) is 6.29. The first-order chi connectivity index (χ1) is 9.72. The molecule has 3 rings (SSSR count). The highest BCUT2D eigenvalue weighted by Crippen LogP contribution is 2.26. The Morgan fingerprint density at radius 3 is 2.80 bits per heavy atom. The number of carbonyl (C=O) groups excluding carboxylic acids is 1. The molecule has 0 aliphatic heterocycles. The predicted molar refractivity (Wildman–Crippen MR) is 78.1 cm³/mol. The monoisotopic (exact) mass is 266 g/mol. The molecule has 0 bridgehead atoms. The Labute approximate surface area is 116 Å². The quantitative estimate of drug-likeness (QED) is 0.684. The van der Waals surface area contributed by atoms with E-state index in [-0.39, 0.29) is 0 Å². The van der Waals surface area contributed by atoms with Gasteiger partial charge in [-0.2, -0.15) is 0 Å². The van der Waals surface area contributed by atoms with E-state index in [1.165, 1.54) is 0 Å². The van der Waals surface area contributed by atoms with Crippen LogP contribution in [0.15, 0.2) is 42.5 Å². The fourth-order valence-corrected chi connectivity index (χ4v) is 2.31. The van der Waals surface area contributed by atoms with Gasteiger partial charge < -0.3 is 9.30 Å². The van der Waals surface area contributed by atoms with E-state index in [0.717, 1.165) is 34.5 Å². The molecule has 0 aliphatic rings. The summed E-state index contributed by atoms with van der Waals surface area (Å²) < 4.78 is 7.26. The van der Waals surface area contributed by atoms with Gasteiger partial charge in [0.25, 0.3) is 0 Å². The van der Waals surface area contributed by atoms with Gasteiger partial charge in [-0.05, 0) is 30.3 Å². The van der Waals surface area contributed by atoms with E-state index in [1.54, 1.807) is 19.2 Å². The van der Waals surface area contributed by atoms with Crippen LogP contribution in [0.25, 0.3) is 22.4 Å². The van der Waals surface area contributed by atoms with Crippen LogP contribution in [0.5, 0.6) is 5.75 Å². The van der Waals surface area contributed by atoms with Crippen LogP contribution in [-0.2, 0) is 7.05 Å². The van der Waals surface area contributed by atoms with Crippen molar-refractivity contribution in [3.05, 3.63) is 48.0 Å². The molecule has 0 radical (unpaired) electrons. The summed E-state index contributed by atoms with van der Waals surface area (Å²) >= 11 is 0. The molecule has 0 atom stereocenters. The van der Waals surface area contributed by atoms with E-state index in [4.69, 9.17) is 4.74 Å². The molecule has 0 unspecified atom stereocenters. The van der Waals surface area contributed by atoms with Crippen LogP contribution in [0.4, 0.5) is 0 Å². The molecule has 1 heterocycles. The highest BCUT2D eigenvalue weighted by Gasteiger charge is 2.10. The van der Waals surface area contributed by atoms with Crippen LogP contribution in [-0.4, -0.2) is 22.9 Å². The third-order valence-corrected chi connectivity index (χ3v) is 3.37. The third kappa shape index (κ3) is 1.95. The van der Waals surface area contributed by atoms with Crippen molar-refractivity contribution in [1.29, 1.82) is 0 Å². The van der Waals surface area contributed by atoms with Crippen LogP contribution in [0, 0.1) is 0 Å². The second-order valence-corrected chi connectivity index (χ2v) is 4.59. The Hall–Kier alpha value is -2.62. The minimum atomic E-state index is 0.632. The summed E-state index contributed by atoms with van der Waals surface area (Å²) in [6.07, 6.45) is 0.833. The fraction of sp³-hybridized carbons (Fsp3) is 0.125. The lowest BCUT2D eigenvalue weighted by atomic mass is 10.2. The van der Waals surface area contributed by atoms with Gasteiger partial charge >= 0.3 is 0 Å². The first-order valence-electron chi connectivity index (χ1n) is 6.29. The lowest BCUT2D eigenvalue weighted by Crippen LogP contribution is -1.93. The molecule has 0 aliphatic carbocycles. The lowest BCUT2D eigenvalue weighted by Gasteiger charge is -2.04. The van der Waals surface area contributed by atoms with Gasteiger partial charge in [0.1, 0.15) is 17.9 Å². The second-order valence-electron chi connectivity index (χ2n) is 4.59. The van der Waals surface area contributed by atoms with Gasteiger partial charge in [-0.15, -0.1) is 0 Å². The van der Waals surface area contributed by atoms with Crippen LogP contribution >= 0.6 is 0 Å². The number of hydrogen-bond donors (Lipinski definition) is 0. The number of aldehydes is 1. The molecule has 20 heavy (non-hydrogen) atoms. The van der Waals surface area contributed by atoms with Crippen LogP contribution < -0.4 is 4.74 Å². The summed E-state index contributed by atoms with van der Waals surface area (Å²) in [6.45, 7) is 0. The average molecular weight is 266 g/mol. The maximum absolute atomic E-state index is 10.8. The largest absolute Gasteiger partial charge is 0.497 e. The zero-order chi connectivity index (χ0) is 14.1. The van der Waals surface area contributed by atoms with Crippen molar-refractivity contribution in [1.82, 2.24) is 9.55 Å². The molecule has 3 aromatic rings. The fourth-order valence-electron chi connectivity index (χ4n) is 2.31. The molecule has 0 spiro atoms. The van der Waals surface area contributed by atoms with Crippen molar-refractivity contribution >= 4 is 17.3 Å². The van der Waals surface area contributed by atoms with E-state index >= 15 is 0 Å². The van der Waals surface area contributed by atoms with Crippen molar-refractivity contribution in [3.8, 4) is 17.1 Å². The highest BCUT2D eigenvalue weighted by molar-refractivity contribution is 5.87. The topological polar surface area (TPSA) is 44.1 Å². The van der Waals surface area contributed by atoms with Crippen LogP contribution in [0.3, 0.4) is 0 Å². The molecule has 4 nitrogen and oxygen atoms in total. The Bertz CT molecular complexity index is 790. The summed E-state index contributed by atoms with van der Waals surface area (Å²) in [7, 11) is 3.61. The summed E-state index contributed by atoms with van der Waals surface area (Å²) in [5.41, 5.74) is 3.42. The zero-order valence-corrected chi connectivity index (χ0v) is 11.3. The molecular formula is C16H14N2O2. The van der Waals surface area contributed by atoms with E-state index in [0.29, 0.717) is 5.56 Å². The molecular weight excluding hydrogens is 252 g/mol. The SMILES string of the molecule is COc1cccc(-c2nc3cc(C=O)ccc3n2C)c1. The number of carbonyl (C=O) groups is 1. The molecule has 100 valence electrons. The van der Waals surface area contributed by atoms with E-state index in [2.05, 4.69) is 4.98 Å². The number of nitrogens with zero attached hydrogens (tertiary/aromatic N) is 2. The Kier molecular flexibility index (Phi) is 2.99. The Morgan fingerprint density at radius 2 is 2.05 bits per heavy atom. The number of ether oxygens (including phenoxy) is 1. The highest BCUT2D eigenvalue weighted by atomic mass is 16.5. The van der Waals surface area contributed by atoms with E-state index in [9.17, 15) is 4.79 Å². The number of aromatic nitrogens is 2. The molecule has 0 saturated carbocycles. The van der Waals surface area contributed by atoms with Crippen LogP contribution in [0.1, 0.15) is 10.4 Å². The second kappa shape index (κ2) is 4.81. The zero-order valence-electron chi connectivity index (χ0n) is 11.3. The standard InChI is InChI=1S/C16H14N2O2/c1-18-15-7-6-11(10-19)8-14(15)17-16(18)12-4-3-5-13(9-12)20-2/h3-10H,1-2H3. The molecule has 0 N–H and O–H groups in total. The Morgan fingerprint density at radius 1 is 1.20 bits per heavy atom. The number of imidazole rings is 1. The maximum Gasteiger partial charge on any atom is 0.150 e. The summed E-state index contributed by atoms with van der Waals surface area (Å²) in [5, 5.41) is 0. The van der Waals surface area contributed by atoms with Gasteiger partial charge in [0.05, 0.1) is 18.1 Å². The normalized spacial score (nSPS) is 10.7. The average Bonchev–Trinajstić information content (AvgIpc) is 2.83. The number of methoxy groups -OCH3 is 1. The number of aryl methyl sites for hydroxylation is 1. The summed E-state index contributed by atoms with van der Waals surface area (Å²) in [4.78, 5) is 15.5.